The first kappa shape index (κ1) is 9.98. The lowest BCUT2D eigenvalue weighted by atomic mass is 10.1. The van der Waals surface area contributed by atoms with E-state index in [9.17, 15) is 0 Å². The minimum atomic E-state index is 0.211. The van der Waals surface area contributed by atoms with Gasteiger partial charge in [-0.25, -0.2) is 4.98 Å². The van der Waals surface area contributed by atoms with Crippen LogP contribution in [0.1, 0.15) is 30.3 Å². The summed E-state index contributed by atoms with van der Waals surface area (Å²) in [5.41, 5.74) is 5.54. The molecule has 2 rings (SSSR count). The van der Waals surface area contributed by atoms with Crippen molar-refractivity contribution in [2.24, 2.45) is 5.73 Å². The lowest BCUT2D eigenvalue weighted by molar-refractivity contribution is 0.423. The number of furan rings is 1. The predicted molar refractivity (Wildman–Crippen MR) is 55.5 cm³/mol. The average molecular weight is 206 g/mol. The van der Waals surface area contributed by atoms with Crippen molar-refractivity contribution < 1.29 is 8.83 Å². The fourth-order valence-corrected chi connectivity index (χ4v) is 1.31. The van der Waals surface area contributed by atoms with E-state index in [-0.39, 0.29) is 5.92 Å². The number of hydrogen-bond donors (Lipinski definition) is 1. The third kappa shape index (κ3) is 2.27. The second-order valence-corrected chi connectivity index (χ2v) is 3.55. The molecular weight excluding hydrogens is 192 g/mol. The Morgan fingerprint density at radius 3 is 3.07 bits per heavy atom. The molecule has 80 valence electrons. The maximum Gasteiger partial charge on any atom is 0.201 e. The molecule has 4 nitrogen and oxygen atoms in total. The van der Waals surface area contributed by atoms with Gasteiger partial charge in [-0.15, -0.1) is 0 Å². The summed E-state index contributed by atoms with van der Waals surface area (Å²) in [6.45, 7) is 2.58. The first-order valence-electron chi connectivity index (χ1n) is 4.96. The quantitative estimate of drug-likeness (QED) is 0.830. The van der Waals surface area contributed by atoms with Crippen LogP contribution in [0.4, 0.5) is 0 Å². The molecule has 1 unspecified atom stereocenters. The summed E-state index contributed by atoms with van der Waals surface area (Å²) in [4.78, 5) is 4.18. The lowest BCUT2D eigenvalue weighted by Gasteiger charge is -2.01. The highest BCUT2D eigenvalue weighted by atomic mass is 16.4. The van der Waals surface area contributed by atoms with E-state index in [0.717, 1.165) is 11.5 Å². The van der Waals surface area contributed by atoms with Gasteiger partial charge in [-0.05, 0) is 12.1 Å². The fraction of sp³-hybridized carbons (Fsp3) is 0.364. The van der Waals surface area contributed by atoms with E-state index >= 15 is 0 Å². The van der Waals surface area contributed by atoms with Gasteiger partial charge >= 0.3 is 0 Å². The molecule has 2 aromatic heterocycles. The topological polar surface area (TPSA) is 65.2 Å². The smallest absolute Gasteiger partial charge is 0.201 e. The zero-order valence-corrected chi connectivity index (χ0v) is 8.64. The van der Waals surface area contributed by atoms with Gasteiger partial charge in [0, 0.05) is 12.5 Å². The van der Waals surface area contributed by atoms with Gasteiger partial charge in [-0.3, -0.25) is 0 Å². The normalized spacial score (nSPS) is 12.9. The highest BCUT2D eigenvalue weighted by Gasteiger charge is 2.11. The van der Waals surface area contributed by atoms with Crippen molar-refractivity contribution in [3.8, 4) is 0 Å². The van der Waals surface area contributed by atoms with E-state index in [0.29, 0.717) is 18.9 Å². The summed E-state index contributed by atoms with van der Waals surface area (Å²) >= 11 is 0. The van der Waals surface area contributed by atoms with Crippen molar-refractivity contribution in [2.45, 2.75) is 19.3 Å². The Labute approximate surface area is 88.1 Å². The van der Waals surface area contributed by atoms with Gasteiger partial charge in [0.1, 0.15) is 11.5 Å². The van der Waals surface area contributed by atoms with Crippen LogP contribution in [0.15, 0.2) is 33.4 Å². The molecule has 0 bridgehead atoms. The van der Waals surface area contributed by atoms with E-state index < -0.39 is 0 Å². The van der Waals surface area contributed by atoms with Crippen molar-refractivity contribution in [2.75, 3.05) is 6.54 Å². The van der Waals surface area contributed by atoms with Gasteiger partial charge < -0.3 is 14.6 Å². The monoisotopic (exact) mass is 206 g/mol. The summed E-state index contributed by atoms with van der Waals surface area (Å²) < 4.78 is 10.8. The second-order valence-electron chi connectivity index (χ2n) is 3.55. The van der Waals surface area contributed by atoms with Crippen LogP contribution in [-0.4, -0.2) is 11.5 Å². The van der Waals surface area contributed by atoms with Gasteiger partial charge in [0.25, 0.3) is 0 Å². The van der Waals surface area contributed by atoms with E-state index in [1.54, 1.807) is 12.5 Å². The van der Waals surface area contributed by atoms with Crippen LogP contribution in [-0.2, 0) is 6.42 Å². The second kappa shape index (κ2) is 4.31. The van der Waals surface area contributed by atoms with Crippen molar-refractivity contribution >= 4 is 0 Å². The molecule has 0 aliphatic heterocycles. The van der Waals surface area contributed by atoms with E-state index in [4.69, 9.17) is 14.6 Å². The van der Waals surface area contributed by atoms with Crippen LogP contribution in [0, 0.1) is 0 Å². The number of hydrogen-bond acceptors (Lipinski definition) is 4. The van der Waals surface area contributed by atoms with Crippen LogP contribution in [0.3, 0.4) is 0 Å². The molecule has 0 aliphatic rings. The van der Waals surface area contributed by atoms with Crippen LogP contribution < -0.4 is 5.73 Å². The van der Waals surface area contributed by atoms with Gasteiger partial charge in [-0.2, -0.15) is 0 Å². The molecule has 2 aromatic rings. The van der Waals surface area contributed by atoms with Crippen LogP contribution in [0.5, 0.6) is 0 Å². The van der Waals surface area contributed by atoms with Gasteiger partial charge in [0.15, 0.2) is 0 Å². The van der Waals surface area contributed by atoms with Gasteiger partial charge in [0.05, 0.1) is 18.9 Å². The molecule has 4 heteroatoms. The third-order valence-electron chi connectivity index (χ3n) is 2.32. The third-order valence-corrected chi connectivity index (χ3v) is 2.32. The van der Waals surface area contributed by atoms with Crippen LogP contribution in [0.25, 0.3) is 0 Å². The molecule has 15 heavy (non-hydrogen) atoms. The van der Waals surface area contributed by atoms with E-state index in [2.05, 4.69) is 4.98 Å². The Balaban J connectivity index is 2.07. The Hall–Kier alpha value is -1.55. The Kier molecular flexibility index (Phi) is 2.87. The van der Waals surface area contributed by atoms with Crippen molar-refractivity contribution in [1.82, 2.24) is 4.98 Å². The summed E-state index contributed by atoms with van der Waals surface area (Å²) in [7, 11) is 0. The molecule has 0 saturated heterocycles. The van der Waals surface area contributed by atoms with Crippen molar-refractivity contribution in [1.29, 1.82) is 0 Å². The van der Waals surface area contributed by atoms with Gasteiger partial charge in [0.2, 0.25) is 5.89 Å². The number of aromatic nitrogens is 1. The Morgan fingerprint density at radius 1 is 1.53 bits per heavy atom. The number of rotatable bonds is 4. The minimum absolute atomic E-state index is 0.211. The van der Waals surface area contributed by atoms with E-state index in [1.165, 1.54) is 0 Å². The predicted octanol–water partition coefficient (Wildman–Crippen LogP) is 1.92. The number of nitrogens with zero attached hydrogens (tertiary/aromatic N) is 1. The van der Waals surface area contributed by atoms with Gasteiger partial charge in [-0.1, -0.05) is 6.92 Å². The molecule has 0 saturated carbocycles. The lowest BCUT2D eigenvalue weighted by Crippen LogP contribution is -2.07. The molecular formula is C11H14N2O2. The summed E-state index contributed by atoms with van der Waals surface area (Å²) in [5, 5.41) is 0. The molecule has 0 spiro atoms. The Morgan fingerprint density at radius 2 is 2.40 bits per heavy atom. The zero-order valence-electron chi connectivity index (χ0n) is 8.64. The summed E-state index contributed by atoms with van der Waals surface area (Å²) in [5.74, 6) is 2.56. The maximum absolute atomic E-state index is 5.56. The molecule has 0 radical (unpaired) electrons. The molecule has 0 amide bonds. The zero-order chi connectivity index (χ0) is 10.7. The maximum atomic E-state index is 5.56. The molecule has 0 fully saturated rings. The minimum Gasteiger partial charge on any atom is -0.469 e. The fourth-order valence-electron chi connectivity index (χ4n) is 1.31. The highest BCUT2D eigenvalue weighted by Crippen LogP contribution is 2.17. The standard InChI is InChI=1S/C11H14N2O2/c1-8(6-12)10-7-13-11(15-10)5-9-3-2-4-14-9/h2-4,7-8H,5-6,12H2,1H3. The van der Waals surface area contributed by atoms with Crippen LogP contribution >= 0.6 is 0 Å². The molecule has 2 N–H and O–H groups in total. The van der Waals surface area contributed by atoms with E-state index in [1.807, 2.05) is 19.1 Å². The molecule has 0 aromatic carbocycles. The number of nitrogens with two attached hydrogens (primary N) is 1. The first-order chi connectivity index (χ1) is 7.29. The largest absolute Gasteiger partial charge is 0.469 e. The van der Waals surface area contributed by atoms with Crippen LogP contribution in [0.2, 0.25) is 0 Å². The SMILES string of the molecule is CC(CN)c1cnc(Cc2ccco2)o1. The summed E-state index contributed by atoms with van der Waals surface area (Å²) in [6, 6.07) is 3.75. The number of oxazole rings is 1. The molecule has 0 aliphatic carbocycles. The van der Waals surface area contributed by atoms with Crippen molar-refractivity contribution in [3.63, 3.8) is 0 Å². The molecule has 2 heterocycles. The Bertz CT molecular complexity index is 406. The molecule has 1 atom stereocenters. The van der Waals surface area contributed by atoms with Crippen molar-refractivity contribution in [3.05, 3.63) is 42.0 Å². The average Bonchev–Trinajstić information content (AvgIpc) is 2.88. The first-order valence-corrected chi connectivity index (χ1v) is 4.96. The highest BCUT2D eigenvalue weighted by molar-refractivity contribution is 5.07. The summed E-state index contributed by atoms with van der Waals surface area (Å²) in [6.07, 6.45) is 3.96.